The molecule has 0 saturated heterocycles. The van der Waals surface area contributed by atoms with Crippen molar-refractivity contribution in [2.75, 3.05) is 27.8 Å². The van der Waals surface area contributed by atoms with Gasteiger partial charge >= 0.3 is 5.97 Å². The van der Waals surface area contributed by atoms with Crippen molar-refractivity contribution in [3.63, 3.8) is 0 Å². The second-order valence-corrected chi connectivity index (χ2v) is 4.15. The smallest absolute Gasteiger partial charge is 0.317 e. The molecular formula is C13H19NO4. The number of hydrogen-bond acceptors (Lipinski definition) is 4. The van der Waals surface area contributed by atoms with Gasteiger partial charge in [0, 0.05) is 17.7 Å². The minimum atomic E-state index is -0.846. The fourth-order valence-corrected chi connectivity index (χ4v) is 1.94. The molecule has 0 aromatic heterocycles. The molecule has 0 radical (unpaired) electrons. The largest absolute Gasteiger partial charge is 0.496 e. The molecule has 0 spiro atoms. The van der Waals surface area contributed by atoms with Crippen LogP contribution in [0.3, 0.4) is 0 Å². The first-order valence-corrected chi connectivity index (χ1v) is 5.60. The molecule has 0 atom stereocenters. The second kappa shape index (κ2) is 6.26. The molecule has 0 aliphatic heterocycles. The predicted molar refractivity (Wildman–Crippen MR) is 68.3 cm³/mol. The minimum absolute atomic E-state index is 0.00572. The standard InChI is InChI=1S/C13H19NO4/c1-9-11(17-3)6-5-10(13(9)18-4)7-14(2)8-12(15)16/h5-6H,7-8H2,1-4H3,(H,15,16). The minimum Gasteiger partial charge on any atom is -0.496 e. The first kappa shape index (κ1) is 14.3. The average Bonchev–Trinajstić information content (AvgIpc) is 2.28. The lowest BCUT2D eigenvalue weighted by atomic mass is 10.1. The van der Waals surface area contributed by atoms with Crippen LogP contribution >= 0.6 is 0 Å². The quantitative estimate of drug-likeness (QED) is 0.833. The molecule has 0 unspecified atom stereocenters. The van der Waals surface area contributed by atoms with E-state index >= 15 is 0 Å². The average molecular weight is 253 g/mol. The number of aliphatic carboxylic acids is 1. The number of benzene rings is 1. The van der Waals surface area contributed by atoms with Gasteiger partial charge in [0.05, 0.1) is 20.8 Å². The number of likely N-dealkylation sites (N-methyl/N-ethyl adjacent to an activating group) is 1. The first-order chi connectivity index (χ1) is 8.49. The van der Waals surface area contributed by atoms with E-state index < -0.39 is 5.97 Å². The number of ether oxygens (including phenoxy) is 2. The number of nitrogens with zero attached hydrogens (tertiary/aromatic N) is 1. The number of rotatable bonds is 6. The van der Waals surface area contributed by atoms with E-state index in [1.165, 1.54) is 0 Å². The van der Waals surface area contributed by atoms with Crippen LogP contribution in [0.4, 0.5) is 0 Å². The number of methoxy groups -OCH3 is 2. The Morgan fingerprint density at radius 1 is 1.33 bits per heavy atom. The normalized spacial score (nSPS) is 10.5. The summed E-state index contributed by atoms with van der Waals surface area (Å²) in [4.78, 5) is 12.3. The Morgan fingerprint density at radius 2 is 2.00 bits per heavy atom. The number of carbonyl (C=O) groups is 1. The molecule has 1 rings (SSSR count). The van der Waals surface area contributed by atoms with Gasteiger partial charge in [-0.15, -0.1) is 0 Å². The molecule has 0 amide bonds. The molecule has 0 bridgehead atoms. The van der Waals surface area contributed by atoms with E-state index in [9.17, 15) is 4.79 Å². The van der Waals surface area contributed by atoms with Crippen LogP contribution in [-0.4, -0.2) is 43.8 Å². The van der Waals surface area contributed by atoms with Gasteiger partial charge in [-0.2, -0.15) is 0 Å². The summed E-state index contributed by atoms with van der Waals surface area (Å²) >= 11 is 0. The van der Waals surface area contributed by atoms with Crippen LogP contribution in [-0.2, 0) is 11.3 Å². The molecule has 1 aromatic rings. The van der Waals surface area contributed by atoms with Gasteiger partial charge < -0.3 is 14.6 Å². The maximum Gasteiger partial charge on any atom is 0.317 e. The Balaban J connectivity index is 2.95. The van der Waals surface area contributed by atoms with Crippen molar-refractivity contribution in [3.8, 4) is 11.5 Å². The number of carboxylic acids is 1. The highest BCUT2D eigenvalue weighted by Gasteiger charge is 2.13. The Kier molecular flexibility index (Phi) is 4.97. The lowest BCUT2D eigenvalue weighted by Gasteiger charge is -2.18. The molecule has 0 aliphatic carbocycles. The van der Waals surface area contributed by atoms with Crippen LogP contribution in [0.15, 0.2) is 12.1 Å². The summed E-state index contributed by atoms with van der Waals surface area (Å²) < 4.78 is 10.6. The summed E-state index contributed by atoms with van der Waals surface area (Å²) in [6, 6.07) is 3.75. The van der Waals surface area contributed by atoms with Crippen molar-refractivity contribution < 1.29 is 19.4 Å². The van der Waals surface area contributed by atoms with Crippen LogP contribution in [0.2, 0.25) is 0 Å². The third-order valence-corrected chi connectivity index (χ3v) is 2.71. The predicted octanol–water partition coefficient (Wildman–Crippen LogP) is 1.53. The summed E-state index contributed by atoms with van der Waals surface area (Å²) in [6.07, 6.45) is 0. The highest BCUT2D eigenvalue weighted by Crippen LogP contribution is 2.31. The van der Waals surface area contributed by atoms with E-state index in [0.29, 0.717) is 6.54 Å². The van der Waals surface area contributed by atoms with Gasteiger partial charge in [-0.3, -0.25) is 9.69 Å². The van der Waals surface area contributed by atoms with Crippen LogP contribution in [0, 0.1) is 6.92 Å². The number of hydrogen-bond donors (Lipinski definition) is 1. The van der Waals surface area contributed by atoms with E-state index in [1.807, 2.05) is 19.1 Å². The Bertz CT molecular complexity index is 431. The zero-order chi connectivity index (χ0) is 13.7. The highest BCUT2D eigenvalue weighted by molar-refractivity contribution is 5.69. The fraction of sp³-hybridized carbons (Fsp3) is 0.462. The summed E-state index contributed by atoms with van der Waals surface area (Å²) in [5.74, 6) is 0.657. The van der Waals surface area contributed by atoms with Gasteiger partial charge in [0.25, 0.3) is 0 Å². The summed E-state index contributed by atoms with van der Waals surface area (Å²) in [5.41, 5.74) is 1.86. The molecule has 5 heteroatoms. The summed E-state index contributed by atoms with van der Waals surface area (Å²) in [6.45, 7) is 2.42. The van der Waals surface area contributed by atoms with Crippen molar-refractivity contribution in [1.29, 1.82) is 0 Å². The van der Waals surface area contributed by atoms with Crippen LogP contribution in [0.5, 0.6) is 11.5 Å². The van der Waals surface area contributed by atoms with Crippen molar-refractivity contribution in [2.24, 2.45) is 0 Å². The van der Waals surface area contributed by atoms with Gasteiger partial charge in [-0.1, -0.05) is 6.07 Å². The second-order valence-electron chi connectivity index (χ2n) is 4.15. The van der Waals surface area contributed by atoms with E-state index in [2.05, 4.69) is 0 Å². The highest BCUT2D eigenvalue weighted by atomic mass is 16.5. The zero-order valence-electron chi connectivity index (χ0n) is 11.2. The van der Waals surface area contributed by atoms with Gasteiger partial charge in [-0.25, -0.2) is 0 Å². The third kappa shape index (κ3) is 3.37. The maximum absolute atomic E-state index is 10.6. The van der Waals surface area contributed by atoms with Gasteiger partial charge in [0.2, 0.25) is 0 Å². The molecule has 0 heterocycles. The molecule has 0 aliphatic rings. The Hall–Kier alpha value is -1.75. The van der Waals surface area contributed by atoms with Crippen molar-refractivity contribution in [1.82, 2.24) is 4.90 Å². The number of carboxylic acid groups (broad SMARTS) is 1. The van der Waals surface area contributed by atoms with E-state index in [-0.39, 0.29) is 6.54 Å². The van der Waals surface area contributed by atoms with Gasteiger partial charge in [0.1, 0.15) is 11.5 Å². The molecule has 5 nitrogen and oxygen atoms in total. The van der Waals surface area contributed by atoms with E-state index in [4.69, 9.17) is 14.6 Å². The van der Waals surface area contributed by atoms with Crippen molar-refractivity contribution in [2.45, 2.75) is 13.5 Å². The van der Waals surface area contributed by atoms with E-state index in [0.717, 1.165) is 22.6 Å². The summed E-state index contributed by atoms with van der Waals surface area (Å²) in [7, 11) is 4.97. The molecule has 100 valence electrons. The zero-order valence-corrected chi connectivity index (χ0v) is 11.2. The Morgan fingerprint density at radius 3 is 2.50 bits per heavy atom. The monoisotopic (exact) mass is 253 g/mol. The van der Waals surface area contributed by atoms with Crippen LogP contribution in [0.1, 0.15) is 11.1 Å². The fourth-order valence-electron chi connectivity index (χ4n) is 1.94. The molecule has 1 aromatic carbocycles. The maximum atomic E-state index is 10.6. The Labute approximate surface area is 107 Å². The SMILES string of the molecule is COc1ccc(CN(C)CC(=O)O)c(OC)c1C. The lowest BCUT2D eigenvalue weighted by molar-refractivity contribution is -0.138. The summed E-state index contributed by atoms with van der Waals surface area (Å²) in [5, 5.41) is 8.73. The molecular weight excluding hydrogens is 234 g/mol. The van der Waals surface area contributed by atoms with Crippen molar-refractivity contribution in [3.05, 3.63) is 23.3 Å². The van der Waals surface area contributed by atoms with Gasteiger partial charge in [-0.05, 0) is 20.0 Å². The molecule has 1 N–H and O–H groups in total. The first-order valence-electron chi connectivity index (χ1n) is 5.60. The topological polar surface area (TPSA) is 59.0 Å². The van der Waals surface area contributed by atoms with Crippen LogP contribution < -0.4 is 9.47 Å². The van der Waals surface area contributed by atoms with E-state index in [1.54, 1.807) is 26.2 Å². The molecule has 0 saturated carbocycles. The molecule has 18 heavy (non-hydrogen) atoms. The lowest BCUT2D eigenvalue weighted by Crippen LogP contribution is -2.25. The van der Waals surface area contributed by atoms with Crippen LogP contribution in [0.25, 0.3) is 0 Å². The van der Waals surface area contributed by atoms with Gasteiger partial charge in [0.15, 0.2) is 0 Å². The third-order valence-electron chi connectivity index (χ3n) is 2.71. The van der Waals surface area contributed by atoms with Crippen molar-refractivity contribution >= 4 is 5.97 Å². The molecule has 0 fully saturated rings.